The lowest BCUT2D eigenvalue weighted by atomic mass is 9.79. The Balaban J connectivity index is 2.14. The van der Waals surface area contributed by atoms with Gasteiger partial charge in [-0.2, -0.15) is 13.2 Å². The Morgan fingerprint density at radius 3 is 2.50 bits per heavy atom. The quantitative estimate of drug-likeness (QED) is 0.833. The minimum Gasteiger partial charge on any atom is -0.394 e. The van der Waals surface area contributed by atoms with Gasteiger partial charge in [-0.05, 0) is 37.0 Å². The number of alkyl halides is 3. The molecule has 134 valence electrons. The molecular weight excluding hydrogens is 323 g/mol. The molecule has 2 rings (SSSR count). The maximum Gasteiger partial charge on any atom is 0.416 e. The van der Waals surface area contributed by atoms with Crippen molar-refractivity contribution in [3.05, 3.63) is 35.4 Å². The molecule has 1 aromatic carbocycles. The number of benzene rings is 1. The highest BCUT2D eigenvalue weighted by molar-refractivity contribution is 5.83. The molecule has 0 bridgehead atoms. The number of hydrogen-bond acceptors (Lipinski definition) is 3. The molecule has 1 aliphatic rings. The van der Waals surface area contributed by atoms with Crippen molar-refractivity contribution in [3.8, 4) is 0 Å². The fourth-order valence-electron chi connectivity index (χ4n) is 2.82. The van der Waals surface area contributed by atoms with E-state index >= 15 is 0 Å². The minimum absolute atomic E-state index is 0.153. The summed E-state index contributed by atoms with van der Waals surface area (Å²) in [6.45, 7) is 2.36. The highest BCUT2D eigenvalue weighted by Crippen LogP contribution is 2.35. The van der Waals surface area contributed by atoms with Crippen LogP contribution in [0, 0.1) is 5.41 Å². The fraction of sp³-hybridized carbons (Fsp3) is 0.588. The van der Waals surface area contributed by atoms with Gasteiger partial charge in [0.15, 0.2) is 0 Å². The number of hydrogen-bond donors (Lipinski definition) is 2. The van der Waals surface area contributed by atoms with E-state index in [-0.39, 0.29) is 25.2 Å². The van der Waals surface area contributed by atoms with Gasteiger partial charge in [0.2, 0.25) is 5.91 Å². The van der Waals surface area contributed by atoms with Crippen LogP contribution in [0.3, 0.4) is 0 Å². The number of nitrogens with one attached hydrogen (secondary N) is 1. The van der Waals surface area contributed by atoms with E-state index < -0.39 is 17.2 Å². The molecule has 1 heterocycles. The molecule has 1 amide bonds. The van der Waals surface area contributed by atoms with Gasteiger partial charge >= 0.3 is 6.18 Å². The van der Waals surface area contributed by atoms with Gasteiger partial charge in [0.1, 0.15) is 0 Å². The van der Waals surface area contributed by atoms with Crippen LogP contribution in [-0.4, -0.2) is 36.9 Å². The molecule has 4 nitrogen and oxygen atoms in total. The molecule has 2 atom stereocenters. The molecule has 7 heteroatoms. The number of ether oxygens (including phenoxy) is 1. The summed E-state index contributed by atoms with van der Waals surface area (Å²) >= 11 is 0. The van der Waals surface area contributed by atoms with E-state index in [0.717, 1.165) is 12.1 Å². The Labute approximate surface area is 139 Å². The van der Waals surface area contributed by atoms with E-state index in [9.17, 15) is 23.1 Å². The zero-order valence-corrected chi connectivity index (χ0v) is 13.5. The molecule has 0 spiro atoms. The summed E-state index contributed by atoms with van der Waals surface area (Å²) in [5.74, 6) is -0.221. The molecule has 1 unspecified atom stereocenters. The number of halogens is 3. The van der Waals surface area contributed by atoms with Gasteiger partial charge in [-0.1, -0.05) is 19.1 Å². The van der Waals surface area contributed by atoms with Crippen LogP contribution in [0.5, 0.6) is 0 Å². The van der Waals surface area contributed by atoms with Crippen molar-refractivity contribution in [1.29, 1.82) is 0 Å². The first-order valence-electron chi connectivity index (χ1n) is 7.96. The summed E-state index contributed by atoms with van der Waals surface area (Å²) in [6, 6.07) is 4.53. The van der Waals surface area contributed by atoms with Crippen LogP contribution in [0.15, 0.2) is 24.3 Å². The molecule has 2 N–H and O–H groups in total. The third-order valence-corrected chi connectivity index (χ3v) is 4.46. The van der Waals surface area contributed by atoms with Gasteiger partial charge in [0.05, 0.1) is 30.2 Å². The monoisotopic (exact) mass is 345 g/mol. The first-order chi connectivity index (χ1) is 11.3. The van der Waals surface area contributed by atoms with Crippen molar-refractivity contribution in [2.75, 3.05) is 19.8 Å². The molecule has 0 saturated carbocycles. The van der Waals surface area contributed by atoms with Crippen LogP contribution in [0.2, 0.25) is 0 Å². The van der Waals surface area contributed by atoms with Crippen molar-refractivity contribution >= 4 is 5.91 Å². The van der Waals surface area contributed by atoms with E-state index in [1.807, 2.05) is 6.92 Å². The predicted octanol–water partition coefficient (Wildman–Crippen LogP) is 2.54. The first kappa shape index (κ1) is 18.7. The average Bonchev–Trinajstić information content (AvgIpc) is 3.01. The summed E-state index contributed by atoms with van der Waals surface area (Å²) < 4.78 is 43.3. The molecule has 1 aromatic rings. The van der Waals surface area contributed by atoms with Gasteiger partial charge in [0, 0.05) is 6.61 Å². The van der Waals surface area contributed by atoms with Crippen molar-refractivity contribution in [3.63, 3.8) is 0 Å². The smallest absolute Gasteiger partial charge is 0.394 e. The predicted molar refractivity (Wildman–Crippen MR) is 82.3 cm³/mol. The summed E-state index contributed by atoms with van der Waals surface area (Å²) in [6.07, 6.45) is -2.97. The zero-order valence-electron chi connectivity index (χ0n) is 13.5. The van der Waals surface area contributed by atoms with Crippen LogP contribution in [0.25, 0.3) is 0 Å². The molecule has 1 aliphatic heterocycles. The van der Waals surface area contributed by atoms with Crippen molar-refractivity contribution < 1.29 is 27.8 Å². The summed E-state index contributed by atoms with van der Waals surface area (Å²) in [4.78, 5) is 12.6. The Hall–Kier alpha value is -1.60. The zero-order chi connectivity index (χ0) is 17.8. The Morgan fingerprint density at radius 1 is 1.38 bits per heavy atom. The second kappa shape index (κ2) is 7.53. The molecule has 1 fully saturated rings. The van der Waals surface area contributed by atoms with Crippen molar-refractivity contribution in [2.45, 2.75) is 38.4 Å². The maximum atomic E-state index is 12.6. The lowest BCUT2D eigenvalue weighted by Gasteiger charge is -2.28. The molecule has 1 saturated heterocycles. The number of aliphatic hydroxyl groups is 1. The number of rotatable bonds is 6. The highest BCUT2D eigenvalue weighted by Gasteiger charge is 2.43. The Kier molecular flexibility index (Phi) is 5.87. The Morgan fingerprint density at radius 2 is 2.04 bits per heavy atom. The SMILES string of the molecule is CC[C@H](CO)NC(=O)C1(Cc2ccc(C(F)(F)F)cc2)CCOC1. The first-order valence-corrected chi connectivity index (χ1v) is 7.96. The summed E-state index contributed by atoms with van der Waals surface area (Å²) in [5, 5.41) is 12.1. The third-order valence-electron chi connectivity index (χ3n) is 4.46. The van der Waals surface area contributed by atoms with E-state index in [1.54, 1.807) is 0 Å². The molecule has 24 heavy (non-hydrogen) atoms. The number of amides is 1. The van der Waals surface area contributed by atoms with Crippen LogP contribution >= 0.6 is 0 Å². The number of aliphatic hydroxyl groups excluding tert-OH is 1. The van der Waals surface area contributed by atoms with Gasteiger partial charge in [-0.25, -0.2) is 0 Å². The van der Waals surface area contributed by atoms with E-state index in [4.69, 9.17) is 4.74 Å². The molecule has 0 aliphatic carbocycles. The van der Waals surface area contributed by atoms with Crippen LogP contribution in [0.1, 0.15) is 30.9 Å². The van der Waals surface area contributed by atoms with Crippen LogP contribution < -0.4 is 5.32 Å². The third kappa shape index (κ3) is 4.27. The lowest BCUT2D eigenvalue weighted by molar-refractivity contribution is -0.137. The van der Waals surface area contributed by atoms with E-state index in [2.05, 4.69) is 5.32 Å². The molecule has 0 radical (unpaired) electrons. The largest absolute Gasteiger partial charge is 0.416 e. The van der Waals surface area contributed by atoms with Crippen molar-refractivity contribution in [1.82, 2.24) is 5.32 Å². The van der Waals surface area contributed by atoms with Crippen LogP contribution in [-0.2, 0) is 22.1 Å². The Bertz CT molecular complexity index is 547. The van der Waals surface area contributed by atoms with Gasteiger partial charge in [-0.15, -0.1) is 0 Å². The second-order valence-electron chi connectivity index (χ2n) is 6.22. The van der Waals surface area contributed by atoms with E-state index in [1.165, 1.54) is 12.1 Å². The van der Waals surface area contributed by atoms with Gasteiger partial charge < -0.3 is 15.2 Å². The summed E-state index contributed by atoms with van der Waals surface area (Å²) in [5.41, 5.74) is -0.859. The second-order valence-corrected chi connectivity index (χ2v) is 6.22. The maximum absolute atomic E-state index is 12.6. The summed E-state index contributed by atoms with van der Waals surface area (Å²) in [7, 11) is 0. The lowest BCUT2D eigenvalue weighted by Crippen LogP contribution is -2.48. The van der Waals surface area contributed by atoms with Gasteiger partial charge in [0.25, 0.3) is 0 Å². The standard InChI is InChI=1S/C17H22F3NO3/c1-2-14(10-22)21-15(23)16(7-8-24-11-16)9-12-3-5-13(6-4-12)17(18,19)20/h3-6,14,22H,2,7-11H2,1H3,(H,21,23)/t14-,16?/m1/s1. The van der Waals surface area contributed by atoms with Crippen molar-refractivity contribution in [2.24, 2.45) is 5.41 Å². The number of carbonyl (C=O) groups is 1. The molecule has 0 aromatic heterocycles. The van der Waals surface area contributed by atoms with Gasteiger partial charge in [-0.3, -0.25) is 4.79 Å². The number of carbonyl (C=O) groups excluding carboxylic acids is 1. The topological polar surface area (TPSA) is 58.6 Å². The normalized spacial score (nSPS) is 22.4. The van der Waals surface area contributed by atoms with Crippen LogP contribution in [0.4, 0.5) is 13.2 Å². The minimum atomic E-state index is -4.38. The fourth-order valence-corrected chi connectivity index (χ4v) is 2.82. The highest BCUT2D eigenvalue weighted by atomic mass is 19.4. The van der Waals surface area contributed by atoms with E-state index in [0.29, 0.717) is 31.4 Å². The average molecular weight is 345 g/mol. The molecular formula is C17H22F3NO3.